The number of hydrogen-bond donors (Lipinski definition) is 1. The van der Waals surface area contributed by atoms with Crippen LogP contribution in [0.4, 0.5) is 0 Å². The minimum Gasteiger partial charge on any atom is -0.486 e. The van der Waals surface area contributed by atoms with Crippen LogP contribution in [0.15, 0.2) is 53.9 Å². The van der Waals surface area contributed by atoms with Gasteiger partial charge in [-0.1, -0.05) is 64.1 Å². The Bertz CT molecular complexity index is 1210. The van der Waals surface area contributed by atoms with E-state index in [1.165, 1.54) is 16.9 Å². The first-order valence-corrected chi connectivity index (χ1v) is 14.0. The predicted molar refractivity (Wildman–Crippen MR) is 148 cm³/mol. The number of aromatic nitrogens is 1. The lowest BCUT2D eigenvalue weighted by atomic mass is 9.87. The van der Waals surface area contributed by atoms with Gasteiger partial charge in [-0.15, -0.1) is 11.3 Å². The van der Waals surface area contributed by atoms with Crippen LogP contribution in [0.2, 0.25) is 0 Å². The Morgan fingerprint density at radius 3 is 2.62 bits per heavy atom. The Hall–Kier alpha value is -3.19. The maximum atomic E-state index is 13.2. The second kappa shape index (κ2) is 12.4. The van der Waals surface area contributed by atoms with Crippen molar-refractivity contribution in [3.05, 3.63) is 81.3 Å². The summed E-state index contributed by atoms with van der Waals surface area (Å²) in [6.07, 6.45) is 2.30. The smallest absolute Gasteiger partial charge is 0.270 e. The lowest BCUT2D eigenvalue weighted by Crippen LogP contribution is -2.41. The highest BCUT2D eigenvalue weighted by Gasteiger charge is 2.32. The van der Waals surface area contributed by atoms with Gasteiger partial charge in [0, 0.05) is 24.9 Å². The molecule has 2 heterocycles. The van der Waals surface area contributed by atoms with Crippen LogP contribution in [0.3, 0.4) is 0 Å². The van der Waals surface area contributed by atoms with E-state index in [-0.39, 0.29) is 24.5 Å². The van der Waals surface area contributed by atoms with Crippen molar-refractivity contribution in [2.24, 2.45) is 11.8 Å². The fraction of sp³-hybridized carbons (Fsp3) is 0.433. The molecular formula is C30H37N3O3S. The monoisotopic (exact) mass is 519 g/mol. The van der Waals surface area contributed by atoms with Crippen LogP contribution in [0.25, 0.3) is 0 Å². The third-order valence-corrected chi connectivity index (χ3v) is 7.34. The van der Waals surface area contributed by atoms with Gasteiger partial charge in [-0.05, 0) is 53.5 Å². The van der Waals surface area contributed by atoms with Crippen LogP contribution in [0.5, 0.6) is 5.75 Å². The summed E-state index contributed by atoms with van der Waals surface area (Å²) in [5.41, 5.74) is 3.88. The molecule has 1 aliphatic heterocycles. The first kappa shape index (κ1) is 26.9. The van der Waals surface area contributed by atoms with Crippen LogP contribution < -0.4 is 10.1 Å². The molecule has 0 bridgehead atoms. The van der Waals surface area contributed by atoms with Crippen molar-refractivity contribution in [1.82, 2.24) is 15.2 Å². The number of fused-ring (bicyclic) bond motifs is 1. The third kappa shape index (κ3) is 6.98. The summed E-state index contributed by atoms with van der Waals surface area (Å²) in [6, 6.07) is 16.2. The molecule has 37 heavy (non-hydrogen) atoms. The van der Waals surface area contributed by atoms with Gasteiger partial charge >= 0.3 is 0 Å². The summed E-state index contributed by atoms with van der Waals surface area (Å²) < 4.78 is 6.12. The number of carbonyl (C=O) groups excluding carboxylic acids is 2. The lowest BCUT2D eigenvalue weighted by Gasteiger charge is -2.38. The van der Waals surface area contributed by atoms with E-state index in [0.29, 0.717) is 37.0 Å². The van der Waals surface area contributed by atoms with E-state index in [4.69, 9.17) is 4.74 Å². The fourth-order valence-electron chi connectivity index (χ4n) is 4.60. The summed E-state index contributed by atoms with van der Waals surface area (Å²) in [6.45, 7) is 10.1. The van der Waals surface area contributed by atoms with Gasteiger partial charge in [-0.25, -0.2) is 4.98 Å². The molecule has 1 atom stereocenters. The van der Waals surface area contributed by atoms with Gasteiger partial charge in [-0.3, -0.25) is 9.59 Å². The molecule has 0 radical (unpaired) electrons. The van der Waals surface area contributed by atoms with Crippen molar-refractivity contribution >= 4 is 23.2 Å². The van der Waals surface area contributed by atoms with Crippen LogP contribution in [-0.4, -0.2) is 34.8 Å². The molecule has 7 heteroatoms. The van der Waals surface area contributed by atoms with Crippen LogP contribution in [0, 0.1) is 11.8 Å². The summed E-state index contributed by atoms with van der Waals surface area (Å²) in [5.74, 6) is 1.62. The van der Waals surface area contributed by atoms with Gasteiger partial charge in [0.15, 0.2) is 0 Å². The Morgan fingerprint density at radius 2 is 1.89 bits per heavy atom. The Kier molecular flexibility index (Phi) is 8.98. The van der Waals surface area contributed by atoms with Gasteiger partial charge in [0.2, 0.25) is 5.91 Å². The number of rotatable bonds is 10. The number of benzene rings is 2. The average Bonchev–Trinajstić information content (AvgIpc) is 3.36. The summed E-state index contributed by atoms with van der Waals surface area (Å²) in [5, 5.41) is 5.46. The number of amides is 2. The topological polar surface area (TPSA) is 71.5 Å². The Balaban J connectivity index is 1.49. The highest BCUT2D eigenvalue weighted by atomic mass is 32.1. The summed E-state index contributed by atoms with van der Waals surface area (Å²) in [7, 11) is 0. The standard InChI is InChI=1S/C30H37N3O3S/c1-20(2)12-14-31-30(35)26-19-37-27(32-26)18-36-24-11-10-22-13-15-33(28(34)16-21(3)4)29(25(22)17-24)23-8-6-5-7-9-23/h5-11,17,19-21,29H,12-16,18H2,1-4H3,(H,31,35). The lowest BCUT2D eigenvalue weighted by molar-refractivity contribution is -0.134. The zero-order chi connectivity index (χ0) is 26.4. The van der Waals surface area contributed by atoms with E-state index < -0.39 is 0 Å². The highest BCUT2D eigenvalue weighted by molar-refractivity contribution is 7.09. The van der Waals surface area contributed by atoms with E-state index >= 15 is 0 Å². The molecule has 3 aromatic rings. The molecule has 1 unspecified atom stereocenters. The van der Waals surface area contributed by atoms with E-state index in [2.05, 4.69) is 62.3 Å². The van der Waals surface area contributed by atoms with E-state index in [1.54, 1.807) is 5.38 Å². The molecule has 0 aliphatic carbocycles. The van der Waals surface area contributed by atoms with Crippen molar-refractivity contribution in [2.45, 2.75) is 59.6 Å². The van der Waals surface area contributed by atoms with Crippen molar-refractivity contribution in [1.29, 1.82) is 0 Å². The molecule has 2 amide bonds. The van der Waals surface area contributed by atoms with Gasteiger partial charge in [0.05, 0.1) is 6.04 Å². The van der Waals surface area contributed by atoms with Crippen LogP contribution >= 0.6 is 11.3 Å². The van der Waals surface area contributed by atoms with Crippen molar-refractivity contribution in [2.75, 3.05) is 13.1 Å². The second-order valence-corrected chi connectivity index (χ2v) is 11.4. The van der Waals surface area contributed by atoms with Gasteiger partial charge in [0.1, 0.15) is 23.1 Å². The van der Waals surface area contributed by atoms with Crippen molar-refractivity contribution in [3.8, 4) is 5.75 Å². The molecule has 0 spiro atoms. The normalized spacial score (nSPS) is 15.1. The quantitative estimate of drug-likeness (QED) is 0.356. The van der Waals surface area contributed by atoms with E-state index in [0.717, 1.165) is 34.7 Å². The highest BCUT2D eigenvalue weighted by Crippen LogP contribution is 2.38. The minimum absolute atomic E-state index is 0.138. The Labute approximate surface area is 224 Å². The molecule has 0 saturated heterocycles. The third-order valence-electron chi connectivity index (χ3n) is 6.52. The molecule has 4 rings (SSSR count). The van der Waals surface area contributed by atoms with Crippen molar-refractivity contribution in [3.63, 3.8) is 0 Å². The number of nitrogens with one attached hydrogen (secondary N) is 1. The molecule has 2 aromatic carbocycles. The molecule has 1 N–H and O–H groups in total. The molecule has 6 nitrogen and oxygen atoms in total. The molecule has 1 aromatic heterocycles. The van der Waals surface area contributed by atoms with Gasteiger partial charge in [-0.2, -0.15) is 0 Å². The minimum atomic E-state index is -0.145. The maximum Gasteiger partial charge on any atom is 0.270 e. The summed E-state index contributed by atoms with van der Waals surface area (Å²) >= 11 is 1.42. The number of hydrogen-bond acceptors (Lipinski definition) is 5. The molecular weight excluding hydrogens is 482 g/mol. The first-order valence-electron chi connectivity index (χ1n) is 13.1. The number of nitrogens with zero attached hydrogens (tertiary/aromatic N) is 2. The zero-order valence-electron chi connectivity index (χ0n) is 22.2. The van der Waals surface area contributed by atoms with Crippen LogP contribution in [0.1, 0.15) is 78.8 Å². The predicted octanol–water partition coefficient (Wildman–Crippen LogP) is 6.02. The molecule has 0 saturated carbocycles. The maximum absolute atomic E-state index is 13.2. The van der Waals surface area contributed by atoms with E-state index in [9.17, 15) is 9.59 Å². The first-order chi connectivity index (χ1) is 17.8. The van der Waals surface area contributed by atoms with E-state index in [1.807, 2.05) is 29.2 Å². The van der Waals surface area contributed by atoms with Crippen LogP contribution in [-0.2, 0) is 17.8 Å². The SMILES string of the molecule is CC(C)CCNC(=O)c1csc(COc2ccc3c(c2)C(c2ccccc2)N(C(=O)CC(C)C)CC3)n1. The van der Waals surface area contributed by atoms with Crippen molar-refractivity contribution < 1.29 is 14.3 Å². The largest absolute Gasteiger partial charge is 0.486 e. The second-order valence-electron chi connectivity index (χ2n) is 10.5. The van der Waals surface area contributed by atoms with Gasteiger partial charge < -0.3 is 15.0 Å². The average molecular weight is 520 g/mol. The molecule has 0 fully saturated rings. The number of ether oxygens (including phenoxy) is 1. The Morgan fingerprint density at radius 1 is 1.11 bits per heavy atom. The van der Waals surface area contributed by atoms with Gasteiger partial charge in [0.25, 0.3) is 5.91 Å². The fourth-order valence-corrected chi connectivity index (χ4v) is 5.29. The number of thiazole rings is 1. The zero-order valence-corrected chi connectivity index (χ0v) is 23.0. The summed E-state index contributed by atoms with van der Waals surface area (Å²) in [4.78, 5) is 32.1. The molecule has 1 aliphatic rings. The number of carbonyl (C=O) groups is 2. The molecule has 196 valence electrons.